The molecule has 0 aliphatic carbocycles. The first-order valence-electron chi connectivity index (χ1n) is 4.13. The standard InChI is InChI=1S/C9H17NO.H2/c1-7(11)8-5-9(2,3)6-10(8)4;/h8H,5-6H2,1-4H3;1H/t8-;/m0./s1. The maximum absolute atomic E-state index is 11.1. The van der Waals surface area contributed by atoms with E-state index < -0.39 is 0 Å². The lowest BCUT2D eigenvalue weighted by atomic mass is 9.90. The minimum atomic E-state index is 0. The number of nitrogens with zero attached hydrogens (tertiary/aromatic N) is 1. The van der Waals surface area contributed by atoms with Gasteiger partial charge in [0.25, 0.3) is 0 Å². The van der Waals surface area contributed by atoms with Gasteiger partial charge in [0.15, 0.2) is 0 Å². The number of ketones is 1. The van der Waals surface area contributed by atoms with Crippen LogP contribution in [0.2, 0.25) is 0 Å². The van der Waals surface area contributed by atoms with E-state index in [-0.39, 0.29) is 7.47 Å². The van der Waals surface area contributed by atoms with Crippen LogP contribution >= 0.6 is 0 Å². The van der Waals surface area contributed by atoms with Crippen LogP contribution in [0.15, 0.2) is 0 Å². The van der Waals surface area contributed by atoms with Crippen molar-refractivity contribution >= 4 is 5.78 Å². The summed E-state index contributed by atoms with van der Waals surface area (Å²) in [5.74, 6) is 0.304. The second kappa shape index (κ2) is 2.59. The van der Waals surface area contributed by atoms with Crippen LogP contribution in [-0.2, 0) is 4.79 Å². The Bertz CT molecular complexity index is 179. The van der Waals surface area contributed by atoms with Crippen LogP contribution in [0.5, 0.6) is 0 Å². The topological polar surface area (TPSA) is 20.3 Å². The molecule has 0 N–H and O–H groups in total. The molecule has 1 atom stereocenters. The third-order valence-electron chi connectivity index (χ3n) is 2.42. The summed E-state index contributed by atoms with van der Waals surface area (Å²) >= 11 is 0. The molecule has 1 aliphatic heterocycles. The van der Waals surface area contributed by atoms with Crippen LogP contribution in [-0.4, -0.2) is 30.3 Å². The fourth-order valence-corrected chi connectivity index (χ4v) is 1.98. The molecule has 2 heteroatoms. The zero-order valence-corrected chi connectivity index (χ0v) is 7.85. The molecule has 1 fully saturated rings. The minimum absolute atomic E-state index is 0. The SMILES string of the molecule is CC(=O)[C@@H]1CC(C)(C)CN1C.[HH]. The lowest BCUT2D eigenvalue weighted by Gasteiger charge is -2.15. The summed E-state index contributed by atoms with van der Waals surface area (Å²) in [6, 6.07) is 0.171. The maximum Gasteiger partial charge on any atom is 0.146 e. The Labute approximate surface area is 70.1 Å². The van der Waals surface area contributed by atoms with Gasteiger partial charge in [-0.3, -0.25) is 9.69 Å². The highest BCUT2D eigenvalue weighted by molar-refractivity contribution is 5.81. The molecule has 11 heavy (non-hydrogen) atoms. The molecule has 1 aliphatic rings. The molecule has 0 aromatic heterocycles. The molecular weight excluding hydrogens is 138 g/mol. The van der Waals surface area contributed by atoms with Crippen LogP contribution in [0, 0.1) is 5.41 Å². The van der Waals surface area contributed by atoms with Crippen molar-refractivity contribution in [2.45, 2.75) is 33.2 Å². The molecule has 66 valence electrons. The van der Waals surface area contributed by atoms with Gasteiger partial charge in [0.05, 0.1) is 6.04 Å². The number of carbonyl (C=O) groups is 1. The molecule has 0 bridgehead atoms. The predicted molar refractivity (Wildman–Crippen MR) is 47.6 cm³/mol. The van der Waals surface area contributed by atoms with Crippen molar-refractivity contribution in [2.75, 3.05) is 13.6 Å². The van der Waals surface area contributed by atoms with E-state index in [0.29, 0.717) is 11.2 Å². The van der Waals surface area contributed by atoms with Crippen LogP contribution in [0.1, 0.15) is 28.6 Å². The van der Waals surface area contributed by atoms with E-state index in [4.69, 9.17) is 0 Å². The first-order valence-corrected chi connectivity index (χ1v) is 4.13. The molecule has 0 aromatic rings. The van der Waals surface area contributed by atoms with E-state index in [1.165, 1.54) is 0 Å². The predicted octanol–water partition coefficient (Wildman–Crippen LogP) is 1.55. The van der Waals surface area contributed by atoms with Crippen LogP contribution in [0.25, 0.3) is 0 Å². The Balaban J connectivity index is 0.00000121. The van der Waals surface area contributed by atoms with Gasteiger partial charge < -0.3 is 0 Å². The molecular formula is C9H19NO. The summed E-state index contributed by atoms with van der Waals surface area (Å²) in [5.41, 5.74) is 0.324. The van der Waals surface area contributed by atoms with Crippen molar-refractivity contribution in [1.82, 2.24) is 4.90 Å². The number of Topliss-reactive ketones (excluding diaryl/α,β-unsaturated/α-hetero) is 1. The summed E-state index contributed by atoms with van der Waals surface area (Å²) in [5, 5.41) is 0. The Morgan fingerprint density at radius 3 is 2.36 bits per heavy atom. The van der Waals surface area contributed by atoms with Gasteiger partial charge in [-0.2, -0.15) is 0 Å². The van der Waals surface area contributed by atoms with Gasteiger partial charge in [-0.25, -0.2) is 0 Å². The van der Waals surface area contributed by atoms with E-state index in [1.807, 2.05) is 7.05 Å². The van der Waals surface area contributed by atoms with Gasteiger partial charge in [-0.15, -0.1) is 0 Å². The number of carbonyl (C=O) groups excluding carboxylic acids is 1. The monoisotopic (exact) mass is 157 g/mol. The normalized spacial score (nSPS) is 30.7. The molecule has 1 rings (SSSR count). The highest BCUT2D eigenvalue weighted by atomic mass is 16.1. The summed E-state index contributed by atoms with van der Waals surface area (Å²) in [6.07, 6.45) is 1.01. The molecule has 0 amide bonds. The van der Waals surface area contributed by atoms with Gasteiger partial charge in [0.2, 0.25) is 0 Å². The van der Waals surface area contributed by atoms with Crippen molar-refractivity contribution < 1.29 is 6.22 Å². The highest BCUT2D eigenvalue weighted by Crippen LogP contribution is 2.32. The summed E-state index contributed by atoms with van der Waals surface area (Å²) in [6.45, 7) is 7.15. The molecule has 1 saturated heterocycles. The third kappa shape index (κ3) is 1.80. The van der Waals surface area contributed by atoms with E-state index in [9.17, 15) is 4.79 Å². The number of hydrogen-bond acceptors (Lipinski definition) is 2. The second-order valence-electron chi connectivity index (χ2n) is 4.41. The molecule has 0 aromatic carbocycles. The smallest absolute Gasteiger partial charge is 0.146 e. The van der Waals surface area contributed by atoms with Crippen LogP contribution in [0.4, 0.5) is 0 Å². The van der Waals surface area contributed by atoms with Gasteiger partial charge in [0, 0.05) is 7.97 Å². The van der Waals surface area contributed by atoms with E-state index in [1.54, 1.807) is 6.92 Å². The lowest BCUT2D eigenvalue weighted by Crippen LogP contribution is -2.30. The molecule has 1 heterocycles. The fraction of sp³-hybridized carbons (Fsp3) is 0.889. The van der Waals surface area contributed by atoms with Gasteiger partial charge in [0.1, 0.15) is 5.78 Å². The number of likely N-dealkylation sites (N-methyl/N-ethyl adjacent to an activating group) is 1. The zero-order chi connectivity index (χ0) is 8.65. The maximum atomic E-state index is 11.1. The van der Waals surface area contributed by atoms with Crippen LogP contribution in [0.3, 0.4) is 0 Å². The Kier molecular flexibility index (Phi) is 2.06. The van der Waals surface area contributed by atoms with Crippen LogP contribution < -0.4 is 0 Å². The molecule has 2 nitrogen and oxygen atoms in total. The Hall–Kier alpha value is -0.370. The first-order chi connectivity index (χ1) is 4.92. The third-order valence-corrected chi connectivity index (χ3v) is 2.42. The highest BCUT2D eigenvalue weighted by Gasteiger charge is 2.37. The van der Waals surface area contributed by atoms with E-state index in [2.05, 4.69) is 18.7 Å². The molecule has 0 spiro atoms. The molecule has 0 unspecified atom stereocenters. The van der Waals surface area contributed by atoms with E-state index in [0.717, 1.165) is 13.0 Å². The number of likely N-dealkylation sites (tertiary alicyclic amines) is 1. The van der Waals surface area contributed by atoms with Crippen molar-refractivity contribution in [1.29, 1.82) is 0 Å². The van der Waals surface area contributed by atoms with Gasteiger partial charge >= 0.3 is 0 Å². The molecule has 0 radical (unpaired) electrons. The summed E-state index contributed by atoms with van der Waals surface area (Å²) in [7, 11) is 2.03. The van der Waals surface area contributed by atoms with Crippen molar-refractivity contribution in [3.8, 4) is 0 Å². The van der Waals surface area contributed by atoms with Crippen molar-refractivity contribution in [3.05, 3.63) is 0 Å². The second-order valence-corrected chi connectivity index (χ2v) is 4.41. The van der Waals surface area contributed by atoms with Gasteiger partial charge in [-0.1, -0.05) is 13.8 Å². The minimum Gasteiger partial charge on any atom is -0.298 e. The van der Waals surface area contributed by atoms with Gasteiger partial charge in [-0.05, 0) is 25.8 Å². The summed E-state index contributed by atoms with van der Waals surface area (Å²) < 4.78 is 0. The van der Waals surface area contributed by atoms with Crippen molar-refractivity contribution in [2.24, 2.45) is 5.41 Å². The average molecular weight is 157 g/mol. The summed E-state index contributed by atoms with van der Waals surface area (Å²) in [4.78, 5) is 13.3. The Morgan fingerprint density at radius 2 is 2.18 bits per heavy atom. The van der Waals surface area contributed by atoms with Crippen molar-refractivity contribution in [3.63, 3.8) is 0 Å². The largest absolute Gasteiger partial charge is 0.298 e. The van der Waals surface area contributed by atoms with E-state index >= 15 is 0 Å². The molecule has 0 saturated carbocycles. The lowest BCUT2D eigenvalue weighted by molar-refractivity contribution is -0.120. The quantitative estimate of drug-likeness (QED) is 0.575. The number of hydrogen-bond donors (Lipinski definition) is 0. The Morgan fingerprint density at radius 1 is 1.64 bits per heavy atom. The average Bonchev–Trinajstić information content (AvgIpc) is 2.05. The first kappa shape index (κ1) is 8.72. The number of rotatable bonds is 1. The fourth-order valence-electron chi connectivity index (χ4n) is 1.98. The zero-order valence-electron chi connectivity index (χ0n) is 7.85.